The Balaban J connectivity index is 1.97. The summed E-state index contributed by atoms with van der Waals surface area (Å²) in [5.74, 6) is 2.30. The van der Waals surface area contributed by atoms with Crippen molar-refractivity contribution in [2.24, 2.45) is 0 Å². The van der Waals surface area contributed by atoms with E-state index in [1.807, 2.05) is 29.5 Å². The van der Waals surface area contributed by atoms with Crippen LogP contribution in [0.15, 0.2) is 42.0 Å². The first kappa shape index (κ1) is 23.1. The minimum atomic E-state index is -0.827. The maximum Gasteiger partial charge on any atom is 0.335 e. The Labute approximate surface area is 198 Å². The largest absolute Gasteiger partial charge is 0.494 e. The Bertz CT molecular complexity index is 1130. The summed E-state index contributed by atoms with van der Waals surface area (Å²) in [5.41, 5.74) is 0.618. The van der Waals surface area contributed by atoms with Gasteiger partial charge < -0.3 is 14.2 Å². The number of hydrogen-bond acceptors (Lipinski definition) is 6. The number of rotatable bonds is 7. The van der Waals surface area contributed by atoms with E-state index in [1.54, 1.807) is 36.4 Å². The SMILES string of the molecule is C#CCOc1c(I)cc(/C=C2\C(=O)NC(=O)N(c3ccc(OCC)cc3)C2=O)cc1OC. The molecule has 0 atom stereocenters. The number of carbonyl (C=O) groups excluding carboxylic acids is 3. The fourth-order valence-corrected chi connectivity index (χ4v) is 3.77. The molecule has 0 aromatic heterocycles. The predicted octanol–water partition coefficient (Wildman–Crippen LogP) is 3.38. The lowest BCUT2D eigenvalue weighted by Crippen LogP contribution is -2.54. The number of imide groups is 2. The van der Waals surface area contributed by atoms with Crippen LogP contribution in [0.4, 0.5) is 10.5 Å². The topological polar surface area (TPSA) is 94.2 Å². The third-order valence-electron chi connectivity index (χ3n) is 4.37. The number of nitrogens with zero attached hydrogens (tertiary/aromatic N) is 1. The van der Waals surface area contributed by atoms with Gasteiger partial charge in [0.05, 0.1) is 23.0 Å². The number of urea groups is 1. The van der Waals surface area contributed by atoms with E-state index in [9.17, 15) is 14.4 Å². The predicted molar refractivity (Wildman–Crippen MR) is 127 cm³/mol. The molecule has 4 amide bonds. The Morgan fingerprint density at radius 3 is 2.50 bits per heavy atom. The molecule has 1 saturated heterocycles. The number of halogens is 1. The van der Waals surface area contributed by atoms with Gasteiger partial charge in [0.25, 0.3) is 11.8 Å². The summed E-state index contributed by atoms with van der Waals surface area (Å²) in [6, 6.07) is 8.91. The lowest BCUT2D eigenvalue weighted by atomic mass is 10.1. The number of ether oxygens (including phenoxy) is 3. The van der Waals surface area contributed by atoms with Crippen LogP contribution in [0.5, 0.6) is 17.2 Å². The van der Waals surface area contributed by atoms with E-state index in [4.69, 9.17) is 20.6 Å². The van der Waals surface area contributed by atoms with Crippen LogP contribution in [0.1, 0.15) is 12.5 Å². The maximum absolute atomic E-state index is 13.1. The van der Waals surface area contributed by atoms with Gasteiger partial charge in [-0.05, 0) is 77.6 Å². The second kappa shape index (κ2) is 10.2. The summed E-state index contributed by atoms with van der Waals surface area (Å²) < 4.78 is 16.9. The number of barbiturate groups is 1. The zero-order valence-electron chi connectivity index (χ0n) is 17.3. The van der Waals surface area contributed by atoms with Crippen molar-refractivity contribution >= 4 is 52.2 Å². The van der Waals surface area contributed by atoms with Crippen molar-refractivity contribution in [3.8, 4) is 29.6 Å². The molecule has 0 spiro atoms. The van der Waals surface area contributed by atoms with Gasteiger partial charge in [-0.15, -0.1) is 6.42 Å². The van der Waals surface area contributed by atoms with E-state index in [2.05, 4.69) is 11.2 Å². The average Bonchev–Trinajstić information content (AvgIpc) is 2.76. The van der Waals surface area contributed by atoms with Crippen molar-refractivity contribution in [1.29, 1.82) is 0 Å². The van der Waals surface area contributed by atoms with Gasteiger partial charge in [0.1, 0.15) is 17.9 Å². The van der Waals surface area contributed by atoms with E-state index in [0.29, 0.717) is 38.7 Å². The molecule has 9 heteroatoms. The molecule has 1 fully saturated rings. The maximum atomic E-state index is 13.1. The number of nitrogens with one attached hydrogen (secondary N) is 1. The van der Waals surface area contributed by atoms with E-state index in [0.717, 1.165) is 4.90 Å². The highest BCUT2D eigenvalue weighted by atomic mass is 127. The molecule has 3 rings (SSSR count). The zero-order valence-corrected chi connectivity index (χ0v) is 19.5. The molecule has 1 aliphatic rings. The number of hydrogen-bond donors (Lipinski definition) is 1. The summed E-state index contributed by atoms with van der Waals surface area (Å²) in [6.07, 6.45) is 6.64. The Kier molecular flexibility index (Phi) is 7.37. The summed E-state index contributed by atoms with van der Waals surface area (Å²) in [6.45, 7) is 2.40. The summed E-state index contributed by atoms with van der Waals surface area (Å²) in [4.78, 5) is 38.8. The van der Waals surface area contributed by atoms with Gasteiger partial charge in [-0.25, -0.2) is 9.69 Å². The molecule has 2 aromatic rings. The number of terminal acetylenes is 1. The van der Waals surface area contributed by atoms with Gasteiger partial charge in [-0.1, -0.05) is 5.92 Å². The lowest BCUT2D eigenvalue weighted by Gasteiger charge is -2.26. The van der Waals surface area contributed by atoms with Crippen molar-refractivity contribution in [2.75, 3.05) is 25.2 Å². The Morgan fingerprint density at radius 1 is 1.16 bits per heavy atom. The van der Waals surface area contributed by atoms with E-state index < -0.39 is 17.8 Å². The van der Waals surface area contributed by atoms with Gasteiger partial charge in [0.15, 0.2) is 11.5 Å². The highest BCUT2D eigenvalue weighted by Gasteiger charge is 2.36. The highest BCUT2D eigenvalue weighted by Crippen LogP contribution is 2.35. The summed E-state index contributed by atoms with van der Waals surface area (Å²) >= 11 is 2.04. The van der Waals surface area contributed by atoms with Crippen molar-refractivity contribution < 1.29 is 28.6 Å². The number of benzene rings is 2. The number of amides is 4. The molecule has 1 N–H and O–H groups in total. The van der Waals surface area contributed by atoms with Crippen LogP contribution in [0, 0.1) is 15.9 Å². The van der Waals surface area contributed by atoms with Crippen molar-refractivity contribution in [3.63, 3.8) is 0 Å². The fraction of sp³-hybridized carbons (Fsp3) is 0.174. The third-order valence-corrected chi connectivity index (χ3v) is 5.17. The summed E-state index contributed by atoms with van der Waals surface area (Å²) in [5, 5.41) is 2.20. The Morgan fingerprint density at radius 2 is 1.88 bits per heavy atom. The molecule has 0 bridgehead atoms. The lowest BCUT2D eigenvalue weighted by molar-refractivity contribution is -0.122. The van der Waals surface area contributed by atoms with Gasteiger partial charge in [-0.2, -0.15) is 0 Å². The molecule has 8 nitrogen and oxygen atoms in total. The number of anilines is 1. The third kappa shape index (κ3) is 4.86. The van der Waals surface area contributed by atoms with Crippen molar-refractivity contribution in [2.45, 2.75) is 6.92 Å². The molecular formula is C23H19IN2O6. The fourth-order valence-electron chi connectivity index (χ4n) is 2.99. The molecule has 2 aromatic carbocycles. The zero-order chi connectivity index (χ0) is 23.3. The smallest absolute Gasteiger partial charge is 0.335 e. The molecule has 0 saturated carbocycles. The van der Waals surface area contributed by atoms with Crippen LogP contribution >= 0.6 is 22.6 Å². The molecule has 0 aliphatic carbocycles. The number of methoxy groups -OCH3 is 1. The van der Waals surface area contributed by atoms with E-state index in [-0.39, 0.29) is 12.2 Å². The minimum Gasteiger partial charge on any atom is -0.494 e. The molecule has 164 valence electrons. The van der Waals surface area contributed by atoms with Gasteiger partial charge in [0.2, 0.25) is 0 Å². The van der Waals surface area contributed by atoms with Crippen molar-refractivity contribution in [3.05, 3.63) is 51.1 Å². The van der Waals surface area contributed by atoms with Crippen LogP contribution in [0.2, 0.25) is 0 Å². The van der Waals surface area contributed by atoms with E-state index >= 15 is 0 Å². The molecule has 1 heterocycles. The van der Waals surface area contributed by atoms with Gasteiger partial charge >= 0.3 is 6.03 Å². The first-order chi connectivity index (χ1) is 15.4. The van der Waals surface area contributed by atoms with Gasteiger partial charge in [-0.3, -0.25) is 14.9 Å². The number of carbonyl (C=O) groups is 3. The standard InChI is InChI=1S/C23H19IN2O6/c1-4-10-32-20-18(24)12-14(13-19(20)30-3)11-17-21(27)25-23(29)26(22(17)28)15-6-8-16(9-7-15)31-5-2/h1,6-9,11-13H,5,10H2,2-3H3,(H,25,27,29)/b17-11+. The minimum absolute atomic E-state index is 0.0623. The first-order valence-electron chi connectivity index (χ1n) is 9.47. The molecule has 0 unspecified atom stereocenters. The van der Waals surface area contributed by atoms with Crippen LogP contribution < -0.4 is 24.4 Å². The van der Waals surface area contributed by atoms with Crippen LogP contribution in [0.25, 0.3) is 6.08 Å². The van der Waals surface area contributed by atoms with Crippen LogP contribution in [0.3, 0.4) is 0 Å². The normalized spacial score (nSPS) is 14.8. The second-order valence-electron chi connectivity index (χ2n) is 6.41. The van der Waals surface area contributed by atoms with Crippen molar-refractivity contribution in [1.82, 2.24) is 5.32 Å². The molecule has 1 aliphatic heterocycles. The van der Waals surface area contributed by atoms with E-state index in [1.165, 1.54) is 13.2 Å². The Hall–Kier alpha value is -3.52. The first-order valence-corrected chi connectivity index (χ1v) is 10.6. The quantitative estimate of drug-likeness (QED) is 0.248. The molecule has 32 heavy (non-hydrogen) atoms. The average molecular weight is 546 g/mol. The van der Waals surface area contributed by atoms with Gasteiger partial charge in [0, 0.05) is 0 Å². The monoisotopic (exact) mass is 546 g/mol. The highest BCUT2D eigenvalue weighted by molar-refractivity contribution is 14.1. The van der Waals surface area contributed by atoms with Crippen LogP contribution in [-0.4, -0.2) is 38.2 Å². The summed E-state index contributed by atoms with van der Waals surface area (Å²) in [7, 11) is 1.47. The van der Waals surface area contributed by atoms with Crippen LogP contribution in [-0.2, 0) is 9.59 Å². The molecular weight excluding hydrogens is 527 g/mol. The second-order valence-corrected chi connectivity index (χ2v) is 7.57. The molecule has 0 radical (unpaired) electrons.